The Labute approximate surface area is 165 Å². The Balaban J connectivity index is 1.57. The van der Waals surface area contributed by atoms with Crippen molar-refractivity contribution < 1.29 is 14.6 Å². The maximum absolute atomic E-state index is 13.2. The van der Waals surface area contributed by atoms with Crippen molar-refractivity contribution in [3.8, 4) is 5.75 Å². The lowest BCUT2D eigenvalue weighted by atomic mass is 10.0. The van der Waals surface area contributed by atoms with Gasteiger partial charge in [0.25, 0.3) is 0 Å². The Kier molecular flexibility index (Phi) is 5.58. The fourth-order valence-corrected chi connectivity index (χ4v) is 3.86. The number of hydrogen-bond donors (Lipinski definition) is 1. The summed E-state index contributed by atoms with van der Waals surface area (Å²) in [5, 5.41) is 12.4. The van der Waals surface area contributed by atoms with Gasteiger partial charge in [-0.3, -0.25) is 4.79 Å². The number of aromatic hydroxyl groups is 1. The fraction of sp³-hybridized carbons (Fsp3) is 0.292. The van der Waals surface area contributed by atoms with Gasteiger partial charge >= 0.3 is 0 Å². The summed E-state index contributed by atoms with van der Waals surface area (Å²) >= 11 is 0. The highest BCUT2D eigenvalue weighted by Crippen LogP contribution is 2.23. The van der Waals surface area contributed by atoms with Crippen LogP contribution in [0.5, 0.6) is 5.75 Å². The van der Waals surface area contributed by atoms with Crippen molar-refractivity contribution in [1.82, 2.24) is 4.90 Å². The summed E-state index contributed by atoms with van der Waals surface area (Å²) in [6, 6.07) is 21.4. The van der Waals surface area contributed by atoms with Crippen LogP contribution in [0.3, 0.4) is 0 Å². The summed E-state index contributed by atoms with van der Waals surface area (Å²) in [6.07, 6.45) is 2.41. The summed E-state index contributed by atoms with van der Waals surface area (Å²) in [7, 11) is 0. The minimum absolute atomic E-state index is 0.0510. The van der Waals surface area contributed by atoms with E-state index in [-0.39, 0.29) is 17.8 Å². The summed E-state index contributed by atoms with van der Waals surface area (Å²) < 4.78 is 5.77. The second-order valence-corrected chi connectivity index (χ2v) is 7.35. The molecule has 4 rings (SSSR count). The lowest BCUT2D eigenvalue weighted by Gasteiger charge is -2.26. The van der Waals surface area contributed by atoms with Gasteiger partial charge in [0, 0.05) is 25.3 Å². The molecule has 0 aliphatic carbocycles. The van der Waals surface area contributed by atoms with E-state index in [0.717, 1.165) is 41.3 Å². The molecule has 1 amide bonds. The van der Waals surface area contributed by atoms with Crippen molar-refractivity contribution in [3.05, 3.63) is 77.9 Å². The second kappa shape index (κ2) is 8.44. The van der Waals surface area contributed by atoms with Crippen molar-refractivity contribution in [1.29, 1.82) is 0 Å². The normalized spacial score (nSPS) is 16.4. The van der Waals surface area contributed by atoms with Crippen LogP contribution in [0.1, 0.15) is 24.0 Å². The van der Waals surface area contributed by atoms with Crippen molar-refractivity contribution in [3.63, 3.8) is 0 Å². The third-order valence-electron chi connectivity index (χ3n) is 5.38. The summed E-state index contributed by atoms with van der Waals surface area (Å²) in [6.45, 7) is 1.70. The molecule has 4 nitrogen and oxygen atoms in total. The average Bonchev–Trinajstić information content (AvgIpc) is 3.22. The van der Waals surface area contributed by atoms with Gasteiger partial charge < -0.3 is 14.7 Å². The van der Waals surface area contributed by atoms with Gasteiger partial charge in [-0.2, -0.15) is 0 Å². The molecule has 3 aromatic carbocycles. The predicted molar refractivity (Wildman–Crippen MR) is 110 cm³/mol. The third-order valence-corrected chi connectivity index (χ3v) is 5.38. The number of carbonyl (C=O) groups excluding carboxylic acids is 1. The number of phenolic OH excluding ortho intramolecular Hbond substituents is 1. The molecule has 144 valence electrons. The smallest absolute Gasteiger partial charge is 0.227 e. The van der Waals surface area contributed by atoms with Crippen LogP contribution in [0.25, 0.3) is 10.8 Å². The Bertz CT molecular complexity index is 957. The van der Waals surface area contributed by atoms with E-state index in [1.54, 1.807) is 12.1 Å². The van der Waals surface area contributed by atoms with Crippen LogP contribution in [-0.2, 0) is 22.5 Å². The van der Waals surface area contributed by atoms with Crippen LogP contribution in [0.2, 0.25) is 0 Å². The van der Waals surface area contributed by atoms with Crippen molar-refractivity contribution in [2.75, 3.05) is 13.2 Å². The van der Waals surface area contributed by atoms with Gasteiger partial charge in [0.2, 0.25) is 5.91 Å². The standard InChI is InChI=1S/C24H25NO3/c26-23-13-4-2-8-20(23)16-25(17-21-11-6-14-28-21)24(27)15-19-10-5-9-18-7-1-3-12-22(18)19/h1-5,7-10,12-13,21,26H,6,11,14-17H2. The zero-order valence-corrected chi connectivity index (χ0v) is 15.9. The minimum atomic E-state index is 0.0510. The molecule has 1 unspecified atom stereocenters. The molecule has 1 fully saturated rings. The highest BCUT2D eigenvalue weighted by molar-refractivity contribution is 5.90. The van der Waals surface area contributed by atoms with E-state index in [1.807, 2.05) is 41.3 Å². The second-order valence-electron chi connectivity index (χ2n) is 7.35. The van der Waals surface area contributed by atoms with Crippen LogP contribution in [0, 0.1) is 0 Å². The van der Waals surface area contributed by atoms with Crippen molar-refractivity contribution in [2.45, 2.75) is 31.9 Å². The number of amides is 1. The molecule has 0 spiro atoms. The Morgan fingerprint density at radius 1 is 1.00 bits per heavy atom. The minimum Gasteiger partial charge on any atom is -0.508 e. The first-order valence-electron chi connectivity index (χ1n) is 9.83. The largest absolute Gasteiger partial charge is 0.508 e. The van der Waals surface area contributed by atoms with Gasteiger partial charge in [0.1, 0.15) is 5.75 Å². The van der Waals surface area contributed by atoms with Crippen LogP contribution >= 0.6 is 0 Å². The zero-order valence-electron chi connectivity index (χ0n) is 15.9. The SMILES string of the molecule is O=C(Cc1cccc2ccccc12)N(Cc1ccccc1O)CC1CCCO1. The fourth-order valence-electron chi connectivity index (χ4n) is 3.86. The van der Waals surface area contributed by atoms with Gasteiger partial charge in [-0.1, -0.05) is 60.7 Å². The van der Waals surface area contributed by atoms with Crippen molar-refractivity contribution >= 4 is 16.7 Å². The topological polar surface area (TPSA) is 49.8 Å². The molecule has 3 aromatic rings. The summed E-state index contributed by atoms with van der Waals surface area (Å²) in [5.41, 5.74) is 1.78. The van der Waals surface area contributed by atoms with Crippen LogP contribution < -0.4 is 0 Å². The molecule has 1 heterocycles. The molecule has 0 bridgehead atoms. The zero-order chi connectivity index (χ0) is 19.3. The van der Waals surface area contributed by atoms with E-state index in [9.17, 15) is 9.90 Å². The number of benzene rings is 3. The number of phenols is 1. The number of hydrogen-bond acceptors (Lipinski definition) is 3. The van der Waals surface area contributed by atoms with Crippen LogP contribution in [-0.4, -0.2) is 35.2 Å². The molecule has 1 N–H and O–H groups in total. The van der Waals surface area contributed by atoms with E-state index in [0.29, 0.717) is 19.5 Å². The van der Waals surface area contributed by atoms with Gasteiger partial charge in [-0.25, -0.2) is 0 Å². The molecule has 4 heteroatoms. The molecule has 1 aliphatic heterocycles. The Morgan fingerprint density at radius 3 is 2.57 bits per heavy atom. The molecule has 1 saturated heterocycles. The lowest BCUT2D eigenvalue weighted by Crippen LogP contribution is -2.37. The third kappa shape index (κ3) is 4.18. The molecular weight excluding hydrogens is 350 g/mol. The highest BCUT2D eigenvalue weighted by Gasteiger charge is 2.24. The average molecular weight is 375 g/mol. The van der Waals surface area contributed by atoms with Crippen molar-refractivity contribution in [2.24, 2.45) is 0 Å². The summed E-state index contributed by atoms with van der Waals surface area (Å²) in [5.74, 6) is 0.271. The van der Waals surface area contributed by atoms with Crippen LogP contribution in [0.4, 0.5) is 0 Å². The maximum Gasteiger partial charge on any atom is 0.227 e. The number of ether oxygens (including phenoxy) is 1. The number of fused-ring (bicyclic) bond motifs is 1. The Hall–Kier alpha value is -2.85. The first kappa shape index (κ1) is 18.5. The molecule has 0 saturated carbocycles. The van der Waals surface area contributed by atoms with Gasteiger partial charge in [0.05, 0.1) is 12.5 Å². The highest BCUT2D eigenvalue weighted by atomic mass is 16.5. The monoisotopic (exact) mass is 375 g/mol. The lowest BCUT2D eigenvalue weighted by molar-refractivity contribution is -0.132. The first-order chi connectivity index (χ1) is 13.7. The predicted octanol–water partition coefficient (Wildman–Crippen LogP) is 4.30. The molecule has 0 aromatic heterocycles. The summed E-state index contributed by atoms with van der Waals surface area (Å²) in [4.78, 5) is 15.1. The molecule has 1 atom stereocenters. The number of rotatable bonds is 6. The maximum atomic E-state index is 13.2. The molecule has 1 aliphatic rings. The van der Waals surface area contributed by atoms with Gasteiger partial charge in [0.15, 0.2) is 0 Å². The van der Waals surface area contributed by atoms with E-state index in [4.69, 9.17) is 4.74 Å². The number of nitrogens with zero attached hydrogens (tertiary/aromatic N) is 1. The van der Waals surface area contributed by atoms with E-state index >= 15 is 0 Å². The van der Waals surface area contributed by atoms with E-state index < -0.39 is 0 Å². The van der Waals surface area contributed by atoms with Gasteiger partial charge in [-0.05, 0) is 35.2 Å². The molecular formula is C24H25NO3. The quantitative estimate of drug-likeness (QED) is 0.699. The van der Waals surface area contributed by atoms with Gasteiger partial charge in [-0.15, -0.1) is 0 Å². The molecule has 28 heavy (non-hydrogen) atoms. The first-order valence-corrected chi connectivity index (χ1v) is 9.83. The molecule has 0 radical (unpaired) electrons. The number of para-hydroxylation sites is 1. The van der Waals surface area contributed by atoms with E-state index in [2.05, 4.69) is 18.2 Å². The van der Waals surface area contributed by atoms with E-state index in [1.165, 1.54) is 0 Å². The Morgan fingerprint density at radius 2 is 1.75 bits per heavy atom. The number of carbonyl (C=O) groups is 1. The van der Waals surface area contributed by atoms with Crippen LogP contribution in [0.15, 0.2) is 66.7 Å².